The lowest BCUT2D eigenvalue weighted by Crippen LogP contribution is -2.23. The van der Waals surface area contributed by atoms with E-state index in [1.807, 2.05) is 42.5 Å². The Morgan fingerprint density at radius 2 is 1.77 bits per heavy atom. The van der Waals surface area contributed by atoms with E-state index >= 15 is 0 Å². The molecule has 0 aromatic heterocycles. The molecule has 0 aliphatic heterocycles. The summed E-state index contributed by atoms with van der Waals surface area (Å²) in [5.74, 6) is 1.12. The van der Waals surface area contributed by atoms with Crippen molar-refractivity contribution in [1.82, 2.24) is 5.32 Å². The van der Waals surface area contributed by atoms with Crippen molar-refractivity contribution in [2.45, 2.75) is 6.54 Å². The van der Waals surface area contributed by atoms with Crippen LogP contribution in [-0.4, -0.2) is 20.1 Å². The van der Waals surface area contributed by atoms with E-state index < -0.39 is 5.91 Å². The van der Waals surface area contributed by atoms with Crippen LogP contribution in [0.15, 0.2) is 42.0 Å². The molecule has 26 heavy (non-hydrogen) atoms. The first kappa shape index (κ1) is 20.5. The molecule has 2 aromatic carbocycles. The molecule has 7 heteroatoms. The molecule has 0 fully saturated rings. The SMILES string of the molecule is COc1ccc(CNC(=O)/C(C#N)=C\c2cc(I)c(OC)c(I)c2)cc1. The van der Waals surface area contributed by atoms with Crippen LogP contribution in [0, 0.1) is 18.5 Å². The van der Waals surface area contributed by atoms with Crippen LogP contribution in [0.2, 0.25) is 0 Å². The number of hydrogen-bond acceptors (Lipinski definition) is 4. The van der Waals surface area contributed by atoms with E-state index in [1.165, 1.54) is 0 Å². The Balaban J connectivity index is 2.12. The third kappa shape index (κ3) is 5.35. The van der Waals surface area contributed by atoms with Crippen LogP contribution < -0.4 is 14.8 Å². The molecule has 1 amide bonds. The van der Waals surface area contributed by atoms with Crippen molar-refractivity contribution >= 4 is 57.2 Å². The normalized spacial score (nSPS) is 10.8. The standard InChI is InChI=1S/C19H16I2N2O3/c1-25-15-5-3-12(4-6-15)11-23-19(24)14(10-22)7-13-8-16(20)18(26-2)17(21)9-13/h3-9H,11H2,1-2H3,(H,23,24)/b14-7-. The second-order valence-electron chi connectivity index (χ2n) is 5.22. The number of carbonyl (C=O) groups is 1. The number of carbonyl (C=O) groups excluding carboxylic acids is 1. The van der Waals surface area contributed by atoms with Crippen molar-refractivity contribution in [3.63, 3.8) is 0 Å². The van der Waals surface area contributed by atoms with Crippen LogP contribution in [0.25, 0.3) is 6.08 Å². The molecule has 1 N–H and O–H groups in total. The summed E-state index contributed by atoms with van der Waals surface area (Å²) in [7, 11) is 3.21. The largest absolute Gasteiger partial charge is 0.497 e. The zero-order chi connectivity index (χ0) is 19.1. The van der Waals surface area contributed by atoms with Crippen molar-refractivity contribution in [2.75, 3.05) is 14.2 Å². The highest BCUT2D eigenvalue weighted by molar-refractivity contribution is 14.1. The Labute approximate surface area is 179 Å². The number of amides is 1. The van der Waals surface area contributed by atoms with Crippen LogP contribution in [0.4, 0.5) is 0 Å². The van der Waals surface area contributed by atoms with Gasteiger partial charge in [-0.3, -0.25) is 4.79 Å². The van der Waals surface area contributed by atoms with Gasteiger partial charge in [0.25, 0.3) is 5.91 Å². The van der Waals surface area contributed by atoms with Crippen LogP contribution in [0.5, 0.6) is 11.5 Å². The maximum Gasteiger partial charge on any atom is 0.262 e. The molecule has 0 unspecified atom stereocenters. The maximum absolute atomic E-state index is 12.3. The number of ether oxygens (including phenoxy) is 2. The molecular formula is C19H16I2N2O3. The van der Waals surface area contributed by atoms with Crippen LogP contribution >= 0.6 is 45.2 Å². The second kappa shape index (κ2) is 9.78. The van der Waals surface area contributed by atoms with Gasteiger partial charge in [-0.25, -0.2) is 0 Å². The molecule has 5 nitrogen and oxygen atoms in total. The van der Waals surface area contributed by atoms with Crippen molar-refractivity contribution in [3.8, 4) is 17.6 Å². The van der Waals surface area contributed by atoms with E-state index in [0.29, 0.717) is 6.54 Å². The van der Waals surface area contributed by atoms with Gasteiger partial charge < -0.3 is 14.8 Å². The monoisotopic (exact) mass is 574 g/mol. The van der Waals surface area contributed by atoms with Gasteiger partial charge in [-0.15, -0.1) is 0 Å². The Bertz CT molecular complexity index is 848. The summed E-state index contributed by atoms with van der Waals surface area (Å²) in [6, 6.07) is 13.1. The fraction of sp³-hybridized carbons (Fsp3) is 0.158. The van der Waals surface area contributed by atoms with E-state index in [9.17, 15) is 10.1 Å². The second-order valence-corrected chi connectivity index (χ2v) is 7.54. The molecule has 0 aliphatic carbocycles. The first-order valence-corrected chi connectivity index (χ1v) is 9.70. The van der Waals surface area contributed by atoms with Crippen LogP contribution in [-0.2, 0) is 11.3 Å². The lowest BCUT2D eigenvalue weighted by molar-refractivity contribution is -0.117. The van der Waals surface area contributed by atoms with Crippen molar-refractivity contribution in [1.29, 1.82) is 5.26 Å². The molecule has 0 atom stereocenters. The third-order valence-corrected chi connectivity index (χ3v) is 5.12. The highest BCUT2D eigenvalue weighted by atomic mass is 127. The van der Waals surface area contributed by atoms with Gasteiger partial charge in [0.1, 0.15) is 23.1 Å². The minimum Gasteiger partial charge on any atom is -0.497 e. The highest BCUT2D eigenvalue weighted by Gasteiger charge is 2.11. The summed E-state index contributed by atoms with van der Waals surface area (Å²) in [5.41, 5.74) is 1.75. The summed E-state index contributed by atoms with van der Waals surface area (Å²) in [4.78, 5) is 12.3. The minimum atomic E-state index is -0.413. The summed E-state index contributed by atoms with van der Waals surface area (Å²) >= 11 is 4.33. The number of nitriles is 1. The minimum absolute atomic E-state index is 0.0512. The molecule has 0 radical (unpaired) electrons. The van der Waals surface area contributed by atoms with Crippen molar-refractivity contribution in [3.05, 3.63) is 60.2 Å². The lowest BCUT2D eigenvalue weighted by atomic mass is 10.1. The predicted octanol–water partition coefficient (Wildman–Crippen LogP) is 4.14. The number of rotatable bonds is 6. The molecule has 0 spiro atoms. The number of halogens is 2. The summed E-state index contributed by atoms with van der Waals surface area (Å²) < 4.78 is 12.3. The van der Waals surface area contributed by atoms with E-state index in [0.717, 1.165) is 29.8 Å². The average molecular weight is 574 g/mol. The zero-order valence-electron chi connectivity index (χ0n) is 14.2. The van der Waals surface area contributed by atoms with Crippen LogP contribution in [0.3, 0.4) is 0 Å². The summed E-state index contributed by atoms with van der Waals surface area (Å²) in [5, 5.41) is 12.1. The fourth-order valence-corrected chi connectivity index (χ4v) is 4.45. The van der Waals surface area contributed by atoms with Gasteiger partial charge in [-0.2, -0.15) is 5.26 Å². The Kier molecular flexibility index (Phi) is 7.71. The van der Waals surface area contributed by atoms with Gasteiger partial charge in [0.05, 0.1) is 21.4 Å². The fourth-order valence-electron chi connectivity index (χ4n) is 2.19. The third-order valence-electron chi connectivity index (χ3n) is 3.51. The quantitative estimate of drug-likeness (QED) is 0.320. The van der Waals surface area contributed by atoms with Gasteiger partial charge in [0, 0.05) is 6.54 Å². The van der Waals surface area contributed by atoms with Gasteiger partial charge in [0.15, 0.2) is 0 Å². The van der Waals surface area contributed by atoms with Crippen molar-refractivity contribution < 1.29 is 14.3 Å². The maximum atomic E-state index is 12.3. The Morgan fingerprint density at radius 3 is 2.27 bits per heavy atom. The average Bonchev–Trinajstić information content (AvgIpc) is 2.64. The molecular weight excluding hydrogens is 558 g/mol. The summed E-state index contributed by atoms with van der Waals surface area (Å²) in [6.45, 7) is 0.333. The predicted molar refractivity (Wildman–Crippen MR) is 117 cm³/mol. The van der Waals surface area contributed by atoms with E-state index in [1.54, 1.807) is 20.3 Å². The number of methoxy groups -OCH3 is 2. The number of hydrogen-bond donors (Lipinski definition) is 1. The molecule has 0 bridgehead atoms. The van der Waals surface area contributed by atoms with Crippen LogP contribution in [0.1, 0.15) is 11.1 Å². The van der Waals surface area contributed by atoms with Crippen molar-refractivity contribution in [2.24, 2.45) is 0 Å². The first-order chi connectivity index (χ1) is 12.5. The van der Waals surface area contributed by atoms with Gasteiger partial charge in [-0.1, -0.05) is 12.1 Å². The van der Waals surface area contributed by atoms with Gasteiger partial charge >= 0.3 is 0 Å². The Hall–Kier alpha value is -1.80. The summed E-state index contributed by atoms with van der Waals surface area (Å²) in [6.07, 6.45) is 1.58. The zero-order valence-corrected chi connectivity index (χ0v) is 18.5. The highest BCUT2D eigenvalue weighted by Crippen LogP contribution is 2.29. The van der Waals surface area contributed by atoms with E-state index in [-0.39, 0.29) is 5.57 Å². The first-order valence-electron chi connectivity index (χ1n) is 7.54. The molecule has 2 aromatic rings. The van der Waals surface area contributed by atoms with E-state index in [4.69, 9.17) is 9.47 Å². The number of nitrogens with one attached hydrogen (secondary N) is 1. The van der Waals surface area contributed by atoms with E-state index in [2.05, 4.69) is 50.5 Å². The number of benzene rings is 2. The smallest absolute Gasteiger partial charge is 0.262 e. The molecule has 134 valence electrons. The molecule has 0 saturated carbocycles. The lowest BCUT2D eigenvalue weighted by Gasteiger charge is -2.08. The van der Waals surface area contributed by atoms with Gasteiger partial charge in [0.2, 0.25) is 0 Å². The molecule has 0 saturated heterocycles. The Morgan fingerprint density at radius 1 is 1.15 bits per heavy atom. The molecule has 0 aliphatic rings. The molecule has 2 rings (SSSR count). The number of nitrogens with zero attached hydrogens (tertiary/aromatic N) is 1. The van der Waals surface area contributed by atoms with Gasteiger partial charge in [-0.05, 0) is 86.7 Å². The molecule has 0 heterocycles. The topological polar surface area (TPSA) is 71.3 Å².